The Morgan fingerprint density at radius 3 is 2.79 bits per heavy atom. The number of anilines is 1. The van der Waals surface area contributed by atoms with Crippen LogP contribution >= 0.6 is 34.9 Å². The van der Waals surface area contributed by atoms with E-state index in [1.165, 1.54) is 51.6 Å². The van der Waals surface area contributed by atoms with Crippen LogP contribution in [-0.4, -0.2) is 76.1 Å². The molecule has 3 heterocycles. The molecule has 0 aromatic carbocycles. The molecule has 2 fully saturated rings. The van der Waals surface area contributed by atoms with Crippen molar-refractivity contribution in [2.75, 3.05) is 35.8 Å². The van der Waals surface area contributed by atoms with Gasteiger partial charge in [0.25, 0.3) is 0 Å². The number of carbonyl (C=O) groups is 4. The highest BCUT2D eigenvalue weighted by Gasteiger charge is 2.60. The highest BCUT2D eigenvalue weighted by molar-refractivity contribution is 8.00. The number of β-lactam (4-membered cyclic amide) rings is 1. The molecular weight excluding hydrogens is 424 g/mol. The molecule has 0 aliphatic carbocycles. The summed E-state index contributed by atoms with van der Waals surface area (Å²) in [5.41, 5.74) is -1.34. The van der Waals surface area contributed by atoms with Gasteiger partial charge >= 0.3 is 11.9 Å². The summed E-state index contributed by atoms with van der Waals surface area (Å²) >= 11 is 4.08. The number of amides is 2. The Labute approximate surface area is 174 Å². The average Bonchev–Trinajstić information content (AvgIpc) is 3.18. The van der Waals surface area contributed by atoms with Gasteiger partial charge in [0.15, 0.2) is 0 Å². The zero-order chi connectivity index (χ0) is 20.5. The lowest BCUT2D eigenvalue weighted by molar-refractivity contribution is -0.163. The van der Waals surface area contributed by atoms with Crippen molar-refractivity contribution < 1.29 is 29.0 Å². The zero-order valence-corrected chi connectivity index (χ0v) is 17.8. The van der Waals surface area contributed by atoms with Gasteiger partial charge in [-0.15, -0.1) is 23.1 Å². The SMILES string of the molecule is CSCC(=O)N(c1cccs1)C1C(=O)N2CC(COC(C)=O)(C(=O)O)CS[C@H]12. The molecule has 0 bridgehead atoms. The maximum Gasteiger partial charge on any atom is 0.315 e. The molecule has 2 aliphatic rings. The van der Waals surface area contributed by atoms with Crippen LogP contribution in [0.3, 0.4) is 0 Å². The van der Waals surface area contributed by atoms with E-state index in [0.29, 0.717) is 5.00 Å². The number of carboxylic acid groups (broad SMARTS) is 1. The summed E-state index contributed by atoms with van der Waals surface area (Å²) in [7, 11) is 0. The van der Waals surface area contributed by atoms with Crippen LogP contribution in [0.2, 0.25) is 0 Å². The number of rotatable bonds is 7. The lowest BCUT2D eigenvalue weighted by atomic mass is 9.87. The Hall–Kier alpha value is -1.72. The van der Waals surface area contributed by atoms with Gasteiger partial charge in [-0.1, -0.05) is 0 Å². The lowest BCUT2D eigenvalue weighted by Crippen LogP contribution is -2.75. The van der Waals surface area contributed by atoms with E-state index in [-0.39, 0.29) is 41.8 Å². The second-order valence-electron chi connectivity index (χ2n) is 6.63. The molecule has 1 aromatic heterocycles. The van der Waals surface area contributed by atoms with Gasteiger partial charge in [0.05, 0.1) is 10.8 Å². The first kappa shape index (κ1) is 21.0. The minimum Gasteiger partial charge on any atom is -0.481 e. The summed E-state index contributed by atoms with van der Waals surface area (Å²) in [6, 6.07) is 2.97. The van der Waals surface area contributed by atoms with Gasteiger partial charge in [0.2, 0.25) is 11.8 Å². The number of ether oxygens (including phenoxy) is 1. The van der Waals surface area contributed by atoms with Crippen molar-refractivity contribution in [1.82, 2.24) is 4.90 Å². The van der Waals surface area contributed by atoms with Crippen LogP contribution in [0.1, 0.15) is 6.92 Å². The Kier molecular flexibility index (Phi) is 6.25. The number of thioether (sulfide) groups is 2. The van der Waals surface area contributed by atoms with Crippen molar-refractivity contribution >= 4 is 63.6 Å². The molecule has 3 atom stereocenters. The Morgan fingerprint density at radius 1 is 1.46 bits per heavy atom. The largest absolute Gasteiger partial charge is 0.481 e. The second kappa shape index (κ2) is 8.34. The average molecular weight is 445 g/mol. The first-order valence-electron chi connectivity index (χ1n) is 8.44. The molecule has 3 rings (SSSR count). The molecule has 2 aliphatic heterocycles. The molecule has 1 N–H and O–H groups in total. The van der Waals surface area contributed by atoms with Crippen molar-refractivity contribution in [1.29, 1.82) is 0 Å². The number of thiophene rings is 1. The van der Waals surface area contributed by atoms with Crippen LogP contribution in [0.25, 0.3) is 0 Å². The number of aliphatic carboxylic acids is 1. The number of fused-ring (bicyclic) bond motifs is 1. The van der Waals surface area contributed by atoms with E-state index in [1.54, 1.807) is 6.07 Å². The predicted octanol–water partition coefficient (Wildman–Crippen LogP) is 1.36. The molecule has 1 aromatic rings. The van der Waals surface area contributed by atoms with Gasteiger partial charge < -0.3 is 14.7 Å². The summed E-state index contributed by atoms with van der Waals surface area (Å²) in [5.74, 6) is -1.66. The summed E-state index contributed by atoms with van der Waals surface area (Å²) in [5, 5.41) is 11.9. The number of hydrogen-bond acceptors (Lipinski definition) is 8. The molecule has 2 saturated heterocycles. The molecule has 2 amide bonds. The maximum absolute atomic E-state index is 12.9. The monoisotopic (exact) mass is 444 g/mol. The van der Waals surface area contributed by atoms with Crippen molar-refractivity contribution in [2.45, 2.75) is 18.3 Å². The molecule has 0 saturated carbocycles. The van der Waals surface area contributed by atoms with E-state index in [4.69, 9.17) is 4.74 Å². The standard InChI is InChI=1S/C17H20N2O6S3/c1-10(20)25-8-17(16(23)24)7-18-14(22)13(15(18)28-9-17)19(11(21)6-26-2)12-4-3-5-27-12/h3-5,13,15H,6-9H2,1-2H3,(H,23,24)/t13?,15-,17?/m1/s1. The van der Waals surface area contributed by atoms with E-state index in [1.807, 2.05) is 17.7 Å². The van der Waals surface area contributed by atoms with Gasteiger partial charge in [-0.25, -0.2) is 0 Å². The third-order valence-electron chi connectivity index (χ3n) is 4.68. The van der Waals surface area contributed by atoms with Gasteiger partial charge in [-0.05, 0) is 23.8 Å². The van der Waals surface area contributed by atoms with Crippen molar-refractivity contribution in [2.24, 2.45) is 5.41 Å². The Bertz CT molecular complexity index is 786. The maximum atomic E-state index is 12.9. The van der Waals surface area contributed by atoms with E-state index in [2.05, 4.69) is 0 Å². The fraction of sp³-hybridized carbons (Fsp3) is 0.529. The van der Waals surface area contributed by atoms with Crippen LogP contribution in [0.5, 0.6) is 0 Å². The van der Waals surface area contributed by atoms with Crippen LogP contribution in [0, 0.1) is 5.41 Å². The quantitative estimate of drug-likeness (QED) is 0.497. The van der Waals surface area contributed by atoms with Gasteiger partial charge in [-0.3, -0.25) is 24.1 Å². The van der Waals surface area contributed by atoms with Crippen molar-refractivity contribution in [3.05, 3.63) is 17.5 Å². The molecular formula is C17H20N2O6S3. The summed E-state index contributed by atoms with van der Waals surface area (Å²) in [4.78, 5) is 51.6. The fourth-order valence-corrected chi connectivity index (χ4v) is 5.98. The minimum atomic E-state index is -1.34. The third-order valence-corrected chi connectivity index (χ3v) is 7.66. The van der Waals surface area contributed by atoms with Gasteiger partial charge in [0.1, 0.15) is 23.4 Å². The van der Waals surface area contributed by atoms with E-state index < -0.39 is 23.4 Å². The normalized spacial score (nSPS) is 26.2. The van der Waals surface area contributed by atoms with Crippen LogP contribution in [0.4, 0.5) is 5.00 Å². The first-order chi connectivity index (χ1) is 13.3. The van der Waals surface area contributed by atoms with E-state index in [9.17, 15) is 24.3 Å². The number of esters is 1. The third kappa shape index (κ3) is 3.74. The number of hydrogen-bond donors (Lipinski definition) is 1. The first-order valence-corrected chi connectivity index (χ1v) is 11.8. The highest BCUT2D eigenvalue weighted by Crippen LogP contribution is 2.45. The number of carboxylic acids is 1. The Morgan fingerprint density at radius 2 is 2.21 bits per heavy atom. The van der Waals surface area contributed by atoms with Crippen LogP contribution in [0.15, 0.2) is 17.5 Å². The molecule has 28 heavy (non-hydrogen) atoms. The molecule has 2 unspecified atom stereocenters. The van der Waals surface area contributed by atoms with Gasteiger partial charge in [-0.2, -0.15) is 11.8 Å². The van der Waals surface area contributed by atoms with Gasteiger partial charge in [0, 0.05) is 19.2 Å². The number of nitrogens with zero attached hydrogens (tertiary/aromatic N) is 2. The van der Waals surface area contributed by atoms with Crippen molar-refractivity contribution in [3.63, 3.8) is 0 Å². The second-order valence-corrected chi connectivity index (χ2v) is 9.52. The molecule has 0 spiro atoms. The summed E-state index contributed by atoms with van der Waals surface area (Å²) in [6.07, 6.45) is 1.82. The molecule has 8 nitrogen and oxygen atoms in total. The summed E-state index contributed by atoms with van der Waals surface area (Å²) in [6.45, 7) is 0.888. The van der Waals surface area contributed by atoms with Crippen molar-refractivity contribution in [3.8, 4) is 0 Å². The fourth-order valence-electron chi connectivity index (χ4n) is 3.24. The minimum absolute atomic E-state index is 0.0440. The highest BCUT2D eigenvalue weighted by atomic mass is 32.2. The number of carbonyl (C=O) groups excluding carboxylic acids is 3. The lowest BCUT2D eigenvalue weighted by Gasteiger charge is -2.55. The van der Waals surface area contributed by atoms with E-state index >= 15 is 0 Å². The molecule has 11 heteroatoms. The Balaban J connectivity index is 1.80. The van der Waals surface area contributed by atoms with E-state index in [0.717, 1.165) is 0 Å². The zero-order valence-electron chi connectivity index (χ0n) is 15.3. The molecule has 0 radical (unpaired) electrons. The summed E-state index contributed by atoms with van der Waals surface area (Å²) < 4.78 is 4.96. The van der Waals surface area contributed by atoms with Crippen LogP contribution < -0.4 is 4.90 Å². The molecule has 152 valence electrons. The predicted molar refractivity (Wildman–Crippen MR) is 109 cm³/mol. The topological polar surface area (TPSA) is 104 Å². The van der Waals surface area contributed by atoms with Crippen LogP contribution in [-0.2, 0) is 23.9 Å². The smallest absolute Gasteiger partial charge is 0.315 e.